The summed E-state index contributed by atoms with van der Waals surface area (Å²) in [7, 11) is 0. The fourth-order valence-electron chi connectivity index (χ4n) is 5.27. The number of anilines is 2. The van der Waals surface area contributed by atoms with Gasteiger partial charge in [-0.25, -0.2) is 0 Å². The Hall–Kier alpha value is -4.66. The molecule has 38 heavy (non-hydrogen) atoms. The summed E-state index contributed by atoms with van der Waals surface area (Å²) in [5.74, 6) is 0. The summed E-state index contributed by atoms with van der Waals surface area (Å²) < 4.78 is 2.63. The maximum Gasteiger partial charge on any atom is 0.0398 e. The number of benzene rings is 6. The van der Waals surface area contributed by atoms with E-state index >= 15 is 0 Å². The van der Waals surface area contributed by atoms with Crippen LogP contribution in [0.2, 0.25) is 0 Å². The van der Waals surface area contributed by atoms with Crippen molar-refractivity contribution in [3.05, 3.63) is 146 Å². The first-order chi connectivity index (χ1) is 18.8. The molecule has 1 nitrogen and oxygen atoms in total. The zero-order valence-corrected chi connectivity index (χ0v) is 21.6. The van der Waals surface area contributed by atoms with Crippen molar-refractivity contribution in [1.29, 1.82) is 0 Å². The van der Waals surface area contributed by atoms with Crippen LogP contribution in [0.4, 0.5) is 11.4 Å². The average Bonchev–Trinajstić information content (AvgIpc) is 3.36. The molecule has 0 unspecified atom stereocenters. The highest BCUT2D eigenvalue weighted by molar-refractivity contribution is 7.25. The van der Waals surface area contributed by atoms with Gasteiger partial charge in [-0.1, -0.05) is 115 Å². The second-order valence-corrected chi connectivity index (χ2v) is 10.6. The molecule has 0 aliphatic carbocycles. The summed E-state index contributed by atoms with van der Waals surface area (Å²) in [6.45, 7) is 0. The number of fused-ring (bicyclic) bond motifs is 3. The van der Waals surface area contributed by atoms with E-state index in [9.17, 15) is 0 Å². The predicted octanol–water partition coefficient (Wildman–Crippen LogP) is 10.8. The Labute approximate surface area is 226 Å². The van der Waals surface area contributed by atoms with Gasteiger partial charge in [0, 0.05) is 31.5 Å². The minimum Gasteiger partial charge on any atom is -0.355 e. The quantitative estimate of drug-likeness (QED) is 0.246. The summed E-state index contributed by atoms with van der Waals surface area (Å²) in [5, 5.41) is 6.26. The highest BCUT2D eigenvalue weighted by Crippen LogP contribution is 2.41. The lowest BCUT2D eigenvalue weighted by molar-refractivity contribution is 1.54. The summed E-state index contributed by atoms with van der Waals surface area (Å²) in [6.07, 6.45) is 0. The molecule has 180 valence electrons. The molecule has 0 saturated heterocycles. The zero-order valence-electron chi connectivity index (χ0n) is 20.8. The van der Waals surface area contributed by atoms with Crippen LogP contribution in [0.5, 0.6) is 0 Å². The summed E-state index contributed by atoms with van der Waals surface area (Å²) in [6, 6.07) is 52.0. The molecule has 7 rings (SSSR count). The van der Waals surface area contributed by atoms with E-state index in [4.69, 9.17) is 0 Å². The first-order valence-corrected chi connectivity index (χ1v) is 13.7. The van der Waals surface area contributed by atoms with Crippen molar-refractivity contribution in [3.8, 4) is 33.4 Å². The lowest BCUT2D eigenvalue weighted by Gasteiger charge is -2.17. The van der Waals surface area contributed by atoms with E-state index in [1.165, 1.54) is 53.6 Å². The molecule has 0 fully saturated rings. The Kier molecular flexibility index (Phi) is 5.73. The van der Waals surface area contributed by atoms with Crippen LogP contribution < -0.4 is 5.32 Å². The molecular weight excluding hydrogens is 478 g/mol. The third-order valence-corrected chi connectivity index (χ3v) is 8.21. The van der Waals surface area contributed by atoms with Gasteiger partial charge in [0.1, 0.15) is 0 Å². The fourth-order valence-corrected chi connectivity index (χ4v) is 6.42. The second-order valence-electron chi connectivity index (χ2n) is 9.47. The molecule has 6 aromatic carbocycles. The highest BCUT2D eigenvalue weighted by Gasteiger charge is 2.14. The van der Waals surface area contributed by atoms with Gasteiger partial charge in [0.05, 0.1) is 0 Å². The number of hydrogen-bond acceptors (Lipinski definition) is 2. The number of nitrogens with one attached hydrogen (secondary N) is 1. The van der Waals surface area contributed by atoms with E-state index in [-0.39, 0.29) is 0 Å². The van der Waals surface area contributed by atoms with Gasteiger partial charge in [-0.3, -0.25) is 0 Å². The topological polar surface area (TPSA) is 12.0 Å². The smallest absolute Gasteiger partial charge is 0.0398 e. The van der Waals surface area contributed by atoms with Crippen molar-refractivity contribution in [2.24, 2.45) is 0 Å². The number of hydrogen-bond donors (Lipinski definition) is 1. The molecule has 1 aromatic heterocycles. The van der Waals surface area contributed by atoms with Gasteiger partial charge >= 0.3 is 0 Å². The van der Waals surface area contributed by atoms with E-state index in [0.717, 1.165) is 11.4 Å². The molecule has 1 heterocycles. The van der Waals surface area contributed by atoms with Crippen LogP contribution >= 0.6 is 11.3 Å². The molecule has 0 radical (unpaired) electrons. The van der Waals surface area contributed by atoms with Crippen LogP contribution in [-0.2, 0) is 0 Å². The minimum atomic E-state index is 1.08. The molecule has 1 N–H and O–H groups in total. The standard InChI is InChI=1S/C36H25NS/c1-3-10-25(11-4-1)30-15-9-16-31(26-12-5-2-6-13-26)36(30)27-18-20-28(21-19-27)37-29-22-23-33-32-14-7-8-17-34(32)38-35(33)24-29/h1-24,37H. The Bertz CT molecular complexity index is 1810. The van der Waals surface area contributed by atoms with Gasteiger partial charge in [0.15, 0.2) is 0 Å². The monoisotopic (exact) mass is 503 g/mol. The van der Waals surface area contributed by atoms with E-state index in [1.807, 2.05) is 11.3 Å². The number of thiophene rings is 1. The van der Waals surface area contributed by atoms with Crippen LogP contribution in [0.1, 0.15) is 0 Å². The third-order valence-electron chi connectivity index (χ3n) is 7.08. The highest BCUT2D eigenvalue weighted by atomic mass is 32.1. The lowest BCUT2D eigenvalue weighted by Crippen LogP contribution is -1.92. The van der Waals surface area contributed by atoms with Crippen LogP contribution in [0.25, 0.3) is 53.6 Å². The van der Waals surface area contributed by atoms with E-state index < -0.39 is 0 Å². The molecule has 0 aliphatic heterocycles. The van der Waals surface area contributed by atoms with Crippen LogP contribution in [0.3, 0.4) is 0 Å². The molecule has 0 spiro atoms. The first-order valence-electron chi connectivity index (χ1n) is 12.9. The van der Waals surface area contributed by atoms with Gasteiger partial charge in [0.2, 0.25) is 0 Å². The average molecular weight is 504 g/mol. The third kappa shape index (κ3) is 4.15. The van der Waals surface area contributed by atoms with Crippen molar-refractivity contribution in [2.75, 3.05) is 5.32 Å². The lowest BCUT2D eigenvalue weighted by atomic mass is 9.87. The largest absolute Gasteiger partial charge is 0.355 e. The van der Waals surface area contributed by atoms with Crippen molar-refractivity contribution >= 4 is 42.9 Å². The van der Waals surface area contributed by atoms with Crippen molar-refractivity contribution < 1.29 is 0 Å². The zero-order chi connectivity index (χ0) is 25.3. The second kappa shape index (κ2) is 9.66. The van der Waals surface area contributed by atoms with E-state index in [2.05, 4.69) is 151 Å². The molecule has 0 aliphatic rings. The van der Waals surface area contributed by atoms with Gasteiger partial charge < -0.3 is 5.32 Å². The Morgan fingerprint density at radius 1 is 0.395 bits per heavy atom. The molecule has 2 heteroatoms. The van der Waals surface area contributed by atoms with Crippen LogP contribution in [0.15, 0.2) is 146 Å². The predicted molar refractivity (Wildman–Crippen MR) is 165 cm³/mol. The summed E-state index contributed by atoms with van der Waals surface area (Å²) in [5.41, 5.74) is 9.56. The molecule has 7 aromatic rings. The Morgan fingerprint density at radius 3 is 1.66 bits per heavy atom. The normalized spacial score (nSPS) is 11.2. The van der Waals surface area contributed by atoms with Gasteiger partial charge in [0.25, 0.3) is 0 Å². The molecule has 0 atom stereocenters. The Morgan fingerprint density at radius 2 is 0.974 bits per heavy atom. The van der Waals surface area contributed by atoms with Gasteiger partial charge in [-0.2, -0.15) is 0 Å². The van der Waals surface area contributed by atoms with E-state index in [0.29, 0.717) is 0 Å². The number of rotatable bonds is 5. The maximum atomic E-state index is 3.62. The summed E-state index contributed by atoms with van der Waals surface area (Å²) in [4.78, 5) is 0. The molecular formula is C36H25NS. The van der Waals surface area contributed by atoms with Gasteiger partial charge in [-0.15, -0.1) is 11.3 Å². The van der Waals surface area contributed by atoms with Crippen molar-refractivity contribution in [2.45, 2.75) is 0 Å². The SMILES string of the molecule is c1ccc(-c2cccc(-c3ccccc3)c2-c2ccc(Nc3ccc4c(c3)sc3ccccc34)cc2)cc1. The Balaban J connectivity index is 1.27. The maximum absolute atomic E-state index is 3.62. The molecule has 0 bridgehead atoms. The first kappa shape index (κ1) is 22.5. The van der Waals surface area contributed by atoms with Crippen LogP contribution in [0, 0.1) is 0 Å². The summed E-state index contributed by atoms with van der Waals surface area (Å²) >= 11 is 1.85. The van der Waals surface area contributed by atoms with E-state index in [1.54, 1.807) is 0 Å². The van der Waals surface area contributed by atoms with Crippen molar-refractivity contribution in [3.63, 3.8) is 0 Å². The minimum absolute atomic E-state index is 1.08. The molecule has 0 saturated carbocycles. The fraction of sp³-hybridized carbons (Fsp3) is 0. The van der Waals surface area contributed by atoms with Gasteiger partial charge in [-0.05, 0) is 63.7 Å². The molecule has 0 amide bonds. The van der Waals surface area contributed by atoms with Crippen molar-refractivity contribution in [1.82, 2.24) is 0 Å². The van der Waals surface area contributed by atoms with Crippen LogP contribution in [-0.4, -0.2) is 0 Å².